The lowest BCUT2D eigenvalue weighted by Gasteiger charge is -2.06. The van der Waals surface area contributed by atoms with Crippen LogP contribution >= 0.6 is 0 Å². The van der Waals surface area contributed by atoms with Crippen molar-refractivity contribution in [2.24, 2.45) is 0 Å². The second-order valence-electron chi connectivity index (χ2n) is 5.15. The topological polar surface area (TPSA) is 55.8 Å². The van der Waals surface area contributed by atoms with Gasteiger partial charge in [-0.3, -0.25) is 0 Å². The number of carboxylic acid groups (broad SMARTS) is 1. The Hall–Kier alpha value is -1.55. The highest BCUT2D eigenvalue weighted by Gasteiger charge is 2.01. The van der Waals surface area contributed by atoms with Crippen LogP contribution in [0.4, 0.5) is 0 Å². The Morgan fingerprint density at radius 2 is 1.43 bits per heavy atom. The molecule has 0 fully saturated rings. The second kappa shape index (κ2) is 11.1. The van der Waals surface area contributed by atoms with Gasteiger partial charge < -0.3 is 14.6 Å². The van der Waals surface area contributed by atoms with Gasteiger partial charge in [0.25, 0.3) is 0 Å². The summed E-state index contributed by atoms with van der Waals surface area (Å²) in [4.78, 5) is 10.7. The van der Waals surface area contributed by atoms with Gasteiger partial charge in [-0.2, -0.15) is 0 Å². The number of ether oxygens (including phenoxy) is 2. The van der Waals surface area contributed by atoms with E-state index in [2.05, 4.69) is 0 Å². The van der Waals surface area contributed by atoms with Crippen LogP contribution in [0.5, 0.6) is 5.75 Å². The number of methoxy groups -OCH3 is 1. The Balaban J connectivity index is 1.98. The monoisotopic (exact) mass is 294 g/mol. The Bertz CT molecular complexity index is 386. The summed E-state index contributed by atoms with van der Waals surface area (Å²) >= 11 is 0. The van der Waals surface area contributed by atoms with Crippen molar-refractivity contribution in [2.45, 2.75) is 44.9 Å². The van der Waals surface area contributed by atoms with Crippen LogP contribution in [0.1, 0.15) is 55.3 Å². The van der Waals surface area contributed by atoms with Gasteiger partial charge in [-0.05, 0) is 37.1 Å². The summed E-state index contributed by atoms with van der Waals surface area (Å²) in [5.74, 6) is -0.174. The zero-order valence-corrected chi connectivity index (χ0v) is 12.8. The number of carboxylic acids is 1. The summed E-state index contributed by atoms with van der Waals surface area (Å²) in [5.41, 5.74) is 0.288. The third-order valence-electron chi connectivity index (χ3n) is 3.36. The first-order chi connectivity index (χ1) is 10.2. The number of hydrogen-bond donors (Lipinski definition) is 1. The van der Waals surface area contributed by atoms with Crippen molar-refractivity contribution in [3.63, 3.8) is 0 Å². The molecule has 0 aliphatic heterocycles. The number of carbonyl (C=O) groups is 1. The molecule has 0 spiro atoms. The molecule has 1 aromatic carbocycles. The van der Waals surface area contributed by atoms with Crippen LogP contribution in [0.3, 0.4) is 0 Å². The molecule has 0 radical (unpaired) electrons. The zero-order valence-electron chi connectivity index (χ0n) is 12.8. The maximum Gasteiger partial charge on any atom is 0.335 e. The molecule has 4 heteroatoms. The molecule has 0 aromatic heterocycles. The van der Waals surface area contributed by atoms with E-state index < -0.39 is 5.97 Å². The highest BCUT2D eigenvalue weighted by Crippen LogP contribution is 2.13. The largest absolute Gasteiger partial charge is 0.494 e. The minimum atomic E-state index is -0.910. The number of hydrogen-bond acceptors (Lipinski definition) is 3. The van der Waals surface area contributed by atoms with Gasteiger partial charge in [-0.25, -0.2) is 4.79 Å². The Kier molecular flexibility index (Phi) is 9.29. The van der Waals surface area contributed by atoms with Crippen LogP contribution in [-0.4, -0.2) is 31.4 Å². The van der Waals surface area contributed by atoms with Crippen LogP contribution in [0.2, 0.25) is 0 Å². The van der Waals surface area contributed by atoms with Crippen molar-refractivity contribution in [3.8, 4) is 5.75 Å². The van der Waals surface area contributed by atoms with Crippen LogP contribution < -0.4 is 4.74 Å². The summed E-state index contributed by atoms with van der Waals surface area (Å²) in [6.45, 7) is 1.56. The Labute approximate surface area is 127 Å². The van der Waals surface area contributed by atoms with Crippen LogP contribution in [-0.2, 0) is 4.74 Å². The third-order valence-corrected chi connectivity index (χ3v) is 3.36. The number of unbranched alkanes of at least 4 members (excludes halogenated alkanes) is 6. The molecular weight excluding hydrogens is 268 g/mol. The van der Waals surface area contributed by atoms with E-state index in [0.717, 1.165) is 25.2 Å². The van der Waals surface area contributed by atoms with Gasteiger partial charge in [0.1, 0.15) is 5.75 Å². The van der Waals surface area contributed by atoms with E-state index in [1.165, 1.54) is 32.1 Å². The number of rotatable bonds is 12. The molecule has 118 valence electrons. The van der Waals surface area contributed by atoms with Gasteiger partial charge in [-0.1, -0.05) is 32.1 Å². The van der Waals surface area contributed by atoms with Crippen molar-refractivity contribution < 1.29 is 19.4 Å². The molecule has 4 nitrogen and oxygen atoms in total. The quantitative estimate of drug-likeness (QED) is 0.589. The second-order valence-corrected chi connectivity index (χ2v) is 5.15. The molecule has 0 amide bonds. The maximum absolute atomic E-state index is 10.7. The first kappa shape index (κ1) is 17.5. The van der Waals surface area contributed by atoms with Gasteiger partial charge in [0.15, 0.2) is 0 Å². The van der Waals surface area contributed by atoms with E-state index in [1.54, 1.807) is 31.4 Å². The van der Waals surface area contributed by atoms with E-state index in [-0.39, 0.29) is 5.56 Å². The molecule has 0 atom stereocenters. The van der Waals surface area contributed by atoms with Crippen molar-refractivity contribution in [1.29, 1.82) is 0 Å². The smallest absolute Gasteiger partial charge is 0.335 e. The van der Waals surface area contributed by atoms with Gasteiger partial charge in [-0.15, -0.1) is 0 Å². The number of aromatic carboxylic acids is 1. The normalized spacial score (nSPS) is 10.5. The summed E-state index contributed by atoms with van der Waals surface area (Å²) in [5, 5.41) is 8.79. The maximum atomic E-state index is 10.7. The molecule has 0 saturated carbocycles. The molecule has 1 aromatic rings. The highest BCUT2D eigenvalue weighted by atomic mass is 16.5. The van der Waals surface area contributed by atoms with E-state index >= 15 is 0 Å². The molecule has 0 aliphatic rings. The fourth-order valence-corrected chi connectivity index (χ4v) is 2.12. The van der Waals surface area contributed by atoms with Crippen molar-refractivity contribution >= 4 is 5.97 Å². The predicted octanol–water partition coefficient (Wildman–Crippen LogP) is 4.14. The van der Waals surface area contributed by atoms with Crippen LogP contribution in [0, 0.1) is 0 Å². The molecular formula is C17H26O4. The van der Waals surface area contributed by atoms with Gasteiger partial charge in [0.05, 0.1) is 12.2 Å². The summed E-state index contributed by atoms with van der Waals surface area (Å²) in [7, 11) is 1.75. The van der Waals surface area contributed by atoms with Gasteiger partial charge in [0, 0.05) is 13.7 Å². The third kappa shape index (κ3) is 8.35. The average Bonchev–Trinajstić information content (AvgIpc) is 2.49. The summed E-state index contributed by atoms with van der Waals surface area (Å²) in [6, 6.07) is 6.55. The lowest BCUT2D eigenvalue weighted by atomic mass is 10.1. The molecule has 1 N–H and O–H groups in total. The number of benzene rings is 1. The zero-order chi connectivity index (χ0) is 15.3. The fraction of sp³-hybridized carbons (Fsp3) is 0.588. The molecule has 1 rings (SSSR count). The van der Waals surface area contributed by atoms with Crippen molar-refractivity contribution in [1.82, 2.24) is 0 Å². The molecule has 21 heavy (non-hydrogen) atoms. The minimum absolute atomic E-state index is 0.288. The first-order valence-corrected chi connectivity index (χ1v) is 7.69. The van der Waals surface area contributed by atoms with Crippen molar-refractivity contribution in [2.75, 3.05) is 20.3 Å². The van der Waals surface area contributed by atoms with E-state index in [4.69, 9.17) is 14.6 Å². The van der Waals surface area contributed by atoms with E-state index in [9.17, 15) is 4.79 Å². The van der Waals surface area contributed by atoms with E-state index in [1.807, 2.05) is 0 Å². The van der Waals surface area contributed by atoms with Crippen LogP contribution in [0.25, 0.3) is 0 Å². The summed E-state index contributed by atoms with van der Waals surface area (Å²) < 4.78 is 10.6. The van der Waals surface area contributed by atoms with Gasteiger partial charge >= 0.3 is 5.97 Å². The van der Waals surface area contributed by atoms with E-state index in [0.29, 0.717) is 6.61 Å². The molecule has 0 bridgehead atoms. The van der Waals surface area contributed by atoms with Gasteiger partial charge in [0.2, 0.25) is 0 Å². The lowest BCUT2D eigenvalue weighted by Crippen LogP contribution is -1.99. The first-order valence-electron chi connectivity index (χ1n) is 7.69. The Morgan fingerprint density at radius 3 is 1.95 bits per heavy atom. The fourth-order valence-electron chi connectivity index (χ4n) is 2.12. The molecule has 0 unspecified atom stereocenters. The molecule has 0 aliphatic carbocycles. The van der Waals surface area contributed by atoms with Crippen LogP contribution in [0.15, 0.2) is 24.3 Å². The SMILES string of the molecule is COCCCCCCCCCOc1ccc(C(=O)O)cc1. The lowest BCUT2D eigenvalue weighted by molar-refractivity contribution is 0.0697. The minimum Gasteiger partial charge on any atom is -0.494 e. The Morgan fingerprint density at radius 1 is 0.905 bits per heavy atom. The summed E-state index contributed by atoms with van der Waals surface area (Å²) in [6.07, 6.45) is 8.43. The molecule has 0 saturated heterocycles. The molecule has 0 heterocycles. The highest BCUT2D eigenvalue weighted by molar-refractivity contribution is 5.87. The standard InChI is InChI=1S/C17H26O4/c1-20-13-7-5-3-2-4-6-8-14-21-16-11-9-15(10-12-16)17(18)19/h9-12H,2-8,13-14H2,1H3,(H,18,19). The predicted molar refractivity (Wildman–Crippen MR) is 83.1 cm³/mol. The van der Waals surface area contributed by atoms with Crippen molar-refractivity contribution in [3.05, 3.63) is 29.8 Å². The average molecular weight is 294 g/mol.